The lowest BCUT2D eigenvalue weighted by atomic mass is 10.1. The molecule has 100 valence electrons. The number of hydrogen-bond donors (Lipinski definition) is 1. The van der Waals surface area contributed by atoms with Gasteiger partial charge in [0.2, 0.25) is 0 Å². The van der Waals surface area contributed by atoms with Crippen molar-refractivity contribution in [2.24, 2.45) is 0 Å². The molecular weight excluding hydrogens is 290 g/mol. The number of rotatable bonds is 6. The predicted molar refractivity (Wildman–Crippen MR) is 80.7 cm³/mol. The molecule has 0 spiro atoms. The molecule has 18 heavy (non-hydrogen) atoms. The van der Waals surface area contributed by atoms with E-state index in [4.69, 9.17) is 4.74 Å². The molecule has 1 aromatic carbocycles. The van der Waals surface area contributed by atoms with Gasteiger partial charge in [-0.1, -0.05) is 34.6 Å². The lowest BCUT2D eigenvalue weighted by Gasteiger charge is -2.21. The average Bonchev–Trinajstić information content (AvgIpc) is 2.28. The second-order valence-electron chi connectivity index (χ2n) is 5.47. The Bertz CT molecular complexity index is 378. The Kier molecular flexibility index (Phi) is 6.06. The molecule has 1 aromatic rings. The Morgan fingerprint density at radius 3 is 2.44 bits per heavy atom. The molecule has 0 saturated heterocycles. The minimum Gasteiger partial charge on any atom is -0.372 e. The van der Waals surface area contributed by atoms with E-state index >= 15 is 0 Å². The van der Waals surface area contributed by atoms with Crippen LogP contribution in [0.25, 0.3) is 0 Å². The number of halogens is 1. The summed E-state index contributed by atoms with van der Waals surface area (Å²) in [6.45, 7) is 12.5. The monoisotopic (exact) mass is 311 g/mol. The van der Waals surface area contributed by atoms with Crippen LogP contribution in [0.1, 0.15) is 26.3 Å². The fourth-order valence-electron chi connectivity index (χ4n) is 1.34. The van der Waals surface area contributed by atoms with Crippen molar-refractivity contribution in [3.8, 4) is 0 Å². The third-order valence-electron chi connectivity index (χ3n) is 2.36. The quantitative estimate of drug-likeness (QED) is 0.804. The van der Waals surface area contributed by atoms with Crippen LogP contribution in [0.4, 0.5) is 0 Å². The first-order chi connectivity index (χ1) is 8.37. The summed E-state index contributed by atoms with van der Waals surface area (Å²) < 4.78 is 6.72. The molecular formula is C15H22BrNO. The molecule has 0 amide bonds. The van der Waals surface area contributed by atoms with Gasteiger partial charge in [-0.25, -0.2) is 0 Å². The summed E-state index contributed by atoms with van der Waals surface area (Å²) in [7, 11) is 0. The normalized spacial score (nSPS) is 11.6. The third-order valence-corrected chi connectivity index (χ3v) is 2.89. The molecule has 3 heteroatoms. The Labute approximate surface area is 119 Å². The van der Waals surface area contributed by atoms with E-state index in [9.17, 15) is 0 Å². The Hall–Kier alpha value is -0.640. The molecule has 0 unspecified atom stereocenters. The number of benzene rings is 1. The third kappa shape index (κ3) is 6.94. The standard InChI is InChI=1S/C15H22BrNO/c1-12(9-17-15(2,3)4)10-18-11-13-5-7-14(16)8-6-13/h5-8,17H,1,9-11H2,2-4H3. The SMILES string of the molecule is C=C(CNC(C)(C)C)COCc1ccc(Br)cc1. The van der Waals surface area contributed by atoms with Crippen LogP contribution < -0.4 is 5.32 Å². The van der Waals surface area contributed by atoms with E-state index < -0.39 is 0 Å². The number of ether oxygens (including phenoxy) is 1. The first kappa shape index (κ1) is 15.4. The van der Waals surface area contributed by atoms with Gasteiger partial charge in [0, 0.05) is 16.6 Å². The van der Waals surface area contributed by atoms with E-state index in [0.717, 1.165) is 16.6 Å². The number of nitrogens with one attached hydrogen (secondary N) is 1. The number of hydrogen-bond acceptors (Lipinski definition) is 2. The van der Waals surface area contributed by atoms with Crippen molar-refractivity contribution in [2.75, 3.05) is 13.2 Å². The van der Waals surface area contributed by atoms with E-state index in [1.807, 2.05) is 12.1 Å². The van der Waals surface area contributed by atoms with Crippen molar-refractivity contribution in [1.82, 2.24) is 5.32 Å². The van der Waals surface area contributed by atoms with E-state index in [1.165, 1.54) is 5.56 Å². The first-order valence-corrected chi connectivity index (χ1v) is 6.90. The van der Waals surface area contributed by atoms with Gasteiger partial charge < -0.3 is 10.1 Å². The van der Waals surface area contributed by atoms with Crippen LogP contribution in [-0.2, 0) is 11.3 Å². The molecule has 0 aliphatic carbocycles. The molecule has 0 saturated carbocycles. The molecule has 0 bridgehead atoms. The minimum atomic E-state index is 0.120. The molecule has 0 aliphatic heterocycles. The van der Waals surface area contributed by atoms with Gasteiger partial charge in [0.1, 0.15) is 0 Å². The smallest absolute Gasteiger partial charge is 0.0721 e. The summed E-state index contributed by atoms with van der Waals surface area (Å²) in [6, 6.07) is 8.16. The molecule has 1 rings (SSSR count). The maximum atomic E-state index is 5.63. The predicted octanol–water partition coefficient (Wildman–Crippen LogP) is 3.91. The van der Waals surface area contributed by atoms with Gasteiger partial charge in [0.15, 0.2) is 0 Å². The zero-order valence-corrected chi connectivity index (χ0v) is 13.0. The maximum absolute atomic E-state index is 5.63. The molecule has 0 radical (unpaired) electrons. The highest BCUT2D eigenvalue weighted by atomic mass is 79.9. The van der Waals surface area contributed by atoms with Gasteiger partial charge in [-0.3, -0.25) is 0 Å². The summed E-state index contributed by atoms with van der Waals surface area (Å²) in [5.41, 5.74) is 2.37. The topological polar surface area (TPSA) is 21.3 Å². The molecule has 0 atom stereocenters. The highest BCUT2D eigenvalue weighted by Crippen LogP contribution is 2.11. The second-order valence-corrected chi connectivity index (χ2v) is 6.39. The van der Waals surface area contributed by atoms with E-state index in [-0.39, 0.29) is 5.54 Å². The van der Waals surface area contributed by atoms with Crippen LogP contribution in [0, 0.1) is 0 Å². The van der Waals surface area contributed by atoms with Crippen LogP contribution in [0.2, 0.25) is 0 Å². The highest BCUT2D eigenvalue weighted by Gasteiger charge is 2.08. The van der Waals surface area contributed by atoms with Crippen LogP contribution in [0.5, 0.6) is 0 Å². The second kappa shape index (κ2) is 7.07. The maximum Gasteiger partial charge on any atom is 0.0721 e. The van der Waals surface area contributed by atoms with E-state index in [0.29, 0.717) is 13.2 Å². The lowest BCUT2D eigenvalue weighted by Crippen LogP contribution is -2.37. The lowest BCUT2D eigenvalue weighted by molar-refractivity contribution is 0.140. The van der Waals surface area contributed by atoms with Crippen molar-refractivity contribution >= 4 is 15.9 Å². The summed E-state index contributed by atoms with van der Waals surface area (Å²) in [5, 5.41) is 3.39. The van der Waals surface area contributed by atoms with E-state index in [2.05, 4.69) is 60.7 Å². The van der Waals surface area contributed by atoms with Crippen molar-refractivity contribution in [3.63, 3.8) is 0 Å². The Morgan fingerprint density at radius 2 is 1.89 bits per heavy atom. The largest absolute Gasteiger partial charge is 0.372 e. The zero-order chi connectivity index (χ0) is 13.6. The molecule has 0 aliphatic rings. The van der Waals surface area contributed by atoms with Crippen LogP contribution in [-0.4, -0.2) is 18.7 Å². The molecule has 0 aromatic heterocycles. The summed E-state index contributed by atoms with van der Waals surface area (Å²) in [4.78, 5) is 0. The summed E-state index contributed by atoms with van der Waals surface area (Å²) in [6.07, 6.45) is 0. The fourth-order valence-corrected chi connectivity index (χ4v) is 1.60. The van der Waals surface area contributed by atoms with E-state index in [1.54, 1.807) is 0 Å². The van der Waals surface area contributed by atoms with Gasteiger partial charge in [-0.15, -0.1) is 0 Å². The van der Waals surface area contributed by atoms with Crippen LogP contribution >= 0.6 is 15.9 Å². The Morgan fingerprint density at radius 1 is 1.28 bits per heavy atom. The summed E-state index contributed by atoms with van der Waals surface area (Å²) in [5.74, 6) is 0. The molecule has 2 nitrogen and oxygen atoms in total. The average molecular weight is 312 g/mol. The van der Waals surface area contributed by atoms with Gasteiger partial charge in [-0.2, -0.15) is 0 Å². The molecule has 0 heterocycles. The zero-order valence-electron chi connectivity index (χ0n) is 11.4. The van der Waals surface area contributed by atoms with Crippen molar-refractivity contribution in [3.05, 3.63) is 46.5 Å². The van der Waals surface area contributed by atoms with Gasteiger partial charge >= 0.3 is 0 Å². The minimum absolute atomic E-state index is 0.120. The van der Waals surface area contributed by atoms with Gasteiger partial charge in [-0.05, 0) is 44.0 Å². The van der Waals surface area contributed by atoms with Gasteiger partial charge in [0.25, 0.3) is 0 Å². The highest BCUT2D eigenvalue weighted by molar-refractivity contribution is 9.10. The van der Waals surface area contributed by atoms with Gasteiger partial charge in [0.05, 0.1) is 13.2 Å². The van der Waals surface area contributed by atoms with Crippen molar-refractivity contribution < 1.29 is 4.74 Å². The summed E-state index contributed by atoms with van der Waals surface area (Å²) >= 11 is 3.41. The van der Waals surface area contributed by atoms with Crippen molar-refractivity contribution in [2.45, 2.75) is 32.9 Å². The Balaban J connectivity index is 2.21. The van der Waals surface area contributed by atoms with Crippen LogP contribution in [0.3, 0.4) is 0 Å². The van der Waals surface area contributed by atoms with Crippen molar-refractivity contribution in [1.29, 1.82) is 0 Å². The molecule has 0 fully saturated rings. The first-order valence-electron chi connectivity index (χ1n) is 6.11. The fraction of sp³-hybridized carbons (Fsp3) is 0.467. The van der Waals surface area contributed by atoms with Crippen LogP contribution in [0.15, 0.2) is 40.9 Å². The molecule has 1 N–H and O–H groups in total.